The average molecular weight is 363 g/mol. The molecule has 0 spiro atoms. The lowest BCUT2D eigenvalue weighted by molar-refractivity contribution is -0.113. The number of ether oxygens (including phenoxy) is 1. The zero-order valence-electron chi connectivity index (χ0n) is 12.5. The van der Waals surface area contributed by atoms with Crippen molar-refractivity contribution in [2.75, 3.05) is 12.0 Å². The summed E-state index contributed by atoms with van der Waals surface area (Å²) in [7, 11) is 1.39. The van der Waals surface area contributed by atoms with Gasteiger partial charge in [-0.3, -0.25) is 9.69 Å². The summed E-state index contributed by atoms with van der Waals surface area (Å²) < 4.78 is 18.7. The smallest absolute Gasteiger partial charge is 0.281 e. The highest BCUT2D eigenvalue weighted by Gasteiger charge is 2.33. The minimum Gasteiger partial charge on any atom is -0.494 e. The van der Waals surface area contributed by atoms with Crippen molar-refractivity contribution < 1.29 is 13.9 Å². The van der Waals surface area contributed by atoms with Gasteiger partial charge in [-0.05, 0) is 48.1 Å². The molecular weight excluding hydrogens is 351 g/mol. The first-order chi connectivity index (χ1) is 11.5. The van der Waals surface area contributed by atoms with Crippen LogP contribution >= 0.6 is 23.8 Å². The van der Waals surface area contributed by atoms with Gasteiger partial charge in [-0.15, -0.1) is 0 Å². The van der Waals surface area contributed by atoms with Crippen LogP contribution in [0.1, 0.15) is 5.56 Å². The lowest BCUT2D eigenvalue weighted by atomic mass is 10.1. The molecule has 3 rings (SSSR count). The van der Waals surface area contributed by atoms with Gasteiger partial charge in [0.05, 0.1) is 17.8 Å². The number of benzene rings is 2. The van der Waals surface area contributed by atoms with Gasteiger partial charge in [-0.25, -0.2) is 4.39 Å². The number of nitrogens with zero attached hydrogens (tertiary/aromatic N) is 1. The second-order valence-electron chi connectivity index (χ2n) is 4.97. The number of halogens is 2. The van der Waals surface area contributed by atoms with Crippen molar-refractivity contribution in [3.05, 3.63) is 64.6 Å². The minimum atomic E-state index is -0.511. The van der Waals surface area contributed by atoms with Crippen LogP contribution in [0.2, 0.25) is 5.02 Å². The zero-order chi connectivity index (χ0) is 17.3. The number of para-hydroxylation sites is 1. The van der Waals surface area contributed by atoms with E-state index in [1.54, 1.807) is 30.3 Å². The highest BCUT2D eigenvalue weighted by atomic mass is 35.5. The van der Waals surface area contributed by atoms with E-state index < -0.39 is 5.82 Å². The molecule has 0 saturated carbocycles. The third-order valence-electron chi connectivity index (χ3n) is 3.46. The molecule has 122 valence electrons. The second kappa shape index (κ2) is 6.59. The second-order valence-corrected chi connectivity index (χ2v) is 5.77. The van der Waals surface area contributed by atoms with E-state index in [2.05, 4.69) is 5.32 Å². The normalized spacial score (nSPS) is 15.8. The summed E-state index contributed by atoms with van der Waals surface area (Å²) in [4.78, 5) is 13.9. The fourth-order valence-electron chi connectivity index (χ4n) is 2.33. The van der Waals surface area contributed by atoms with Crippen LogP contribution < -0.4 is 15.0 Å². The van der Waals surface area contributed by atoms with Crippen molar-refractivity contribution in [3.63, 3.8) is 0 Å². The third-order valence-corrected chi connectivity index (χ3v) is 4.06. The van der Waals surface area contributed by atoms with Gasteiger partial charge in [0.25, 0.3) is 5.91 Å². The molecule has 0 bridgehead atoms. The number of methoxy groups -OCH3 is 1. The van der Waals surface area contributed by atoms with Crippen LogP contribution in [0, 0.1) is 5.82 Å². The number of thiocarbonyl (C=S) groups is 1. The Morgan fingerprint density at radius 2 is 2.04 bits per heavy atom. The Morgan fingerprint density at radius 1 is 1.29 bits per heavy atom. The van der Waals surface area contributed by atoms with Crippen molar-refractivity contribution in [2.24, 2.45) is 0 Å². The van der Waals surface area contributed by atoms with Crippen LogP contribution in [0.5, 0.6) is 5.75 Å². The summed E-state index contributed by atoms with van der Waals surface area (Å²) in [5.41, 5.74) is 1.24. The quantitative estimate of drug-likeness (QED) is 0.667. The predicted molar refractivity (Wildman–Crippen MR) is 95.6 cm³/mol. The van der Waals surface area contributed by atoms with Gasteiger partial charge in [-0.1, -0.05) is 29.8 Å². The van der Waals surface area contributed by atoms with Crippen molar-refractivity contribution in [2.45, 2.75) is 0 Å². The standard InChI is InChI=1S/C17H12ClFN2O2S/c1-23-15-7-6-10(8-12(15)19)9-13-16(22)21(17(24)20-13)14-5-3-2-4-11(14)18/h2-9H,1H3,(H,20,24)/b13-9-. The minimum absolute atomic E-state index is 0.135. The molecule has 0 atom stereocenters. The van der Waals surface area contributed by atoms with E-state index >= 15 is 0 Å². The van der Waals surface area contributed by atoms with E-state index in [4.69, 9.17) is 28.6 Å². The monoisotopic (exact) mass is 362 g/mol. The molecule has 2 aromatic rings. The molecule has 0 radical (unpaired) electrons. The van der Waals surface area contributed by atoms with Gasteiger partial charge in [0.15, 0.2) is 16.7 Å². The van der Waals surface area contributed by atoms with Crippen molar-refractivity contribution in [3.8, 4) is 5.75 Å². The number of amides is 1. The summed E-state index contributed by atoms with van der Waals surface area (Å²) >= 11 is 11.4. The molecule has 1 heterocycles. The summed E-state index contributed by atoms with van der Waals surface area (Å²) in [6.07, 6.45) is 1.52. The van der Waals surface area contributed by atoms with Crippen LogP contribution in [-0.4, -0.2) is 18.1 Å². The molecule has 2 aromatic carbocycles. The molecular formula is C17H12ClFN2O2S. The first kappa shape index (κ1) is 16.4. The number of hydrogen-bond donors (Lipinski definition) is 1. The Bertz CT molecular complexity index is 869. The number of carbonyl (C=O) groups excluding carboxylic acids is 1. The number of nitrogens with one attached hydrogen (secondary N) is 1. The van der Waals surface area contributed by atoms with Crippen LogP contribution in [0.3, 0.4) is 0 Å². The maximum Gasteiger partial charge on any atom is 0.281 e. The van der Waals surface area contributed by atoms with E-state index in [-0.39, 0.29) is 22.5 Å². The fourth-order valence-corrected chi connectivity index (χ4v) is 2.84. The van der Waals surface area contributed by atoms with Crippen molar-refractivity contribution >= 4 is 46.6 Å². The van der Waals surface area contributed by atoms with E-state index in [0.29, 0.717) is 16.3 Å². The highest BCUT2D eigenvalue weighted by molar-refractivity contribution is 7.80. The van der Waals surface area contributed by atoms with E-state index in [1.807, 2.05) is 0 Å². The SMILES string of the molecule is COc1ccc(/C=C2\NC(=S)N(c3ccccc3Cl)C2=O)cc1F. The lowest BCUT2D eigenvalue weighted by Gasteiger charge is -2.15. The molecule has 1 fully saturated rings. The topological polar surface area (TPSA) is 41.6 Å². The maximum atomic E-state index is 13.8. The maximum absolute atomic E-state index is 13.8. The Morgan fingerprint density at radius 3 is 2.71 bits per heavy atom. The first-order valence-corrected chi connectivity index (χ1v) is 7.75. The van der Waals surface area contributed by atoms with Crippen LogP contribution in [-0.2, 0) is 4.79 Å². The molecule has 1 aliphatic heterocycles. The summed E-state index contributed by atoms with van der Waals surface area (Å²) in [6, 6.07) is 11.3. The van der Waals surface area contributed by atoms with Crippen molar-refractivity contribution in [1.82, 2.24) is 5.32 Å². The van der Waals surface area contributed by atoms with E-state index in [0.717, 1.165) is 0 Å². The number of hydrogen-bond acceptors (Lipinski definition) is 3. The Balaban J connectivity index is 1.94. The molecule has 7 heteroatoms. The largest absolute Gasteiger partial charge is 0.494 e. The Hall–Kier alpha value is -2.44. The van der Waals surface area contributed by atoms with Gasteiger partial charge in [0.1, 0.15) is 5.70 Å². The fraction of sp³-hybridized carbons (Fsp3) is 0.0588. The van der Waals surface area contributed by atoms with Gasteiger partial charge in [0.2, 0.25) is 0 Å². The van der Waals surface area contributed by atoms with Crippen LogP contribution in [0.15, 0.2) is 48.2 Å². The molecule has 4 nitrogen and oxygen atoms in total. The summed E-state index contributed by atoms with van der Waals surface area (Å²) in [5.74, 6) is -0.733. The Kier molecular flexibility index (Phi) is 4.51. The third kappa shape index (κ3) is 2.98. The molecule has 1 N–H and O–H groups in total. The van der Waals surface area contributed by atoms with Crippen LogP contribution in [0.4, 0.5) is 10.1 Å². The number of rotatable bonds is 3. The van der Waals surface area contributed by atoms with E-state index in [1.165, 1.54) is 30.2 Å². The Labute approximate surface area is 148 Å². The van der Waals surface area contributed by atoms with Gasteiger partial charge < -0.3 is 10.1 Å². The molecule has 0 aliphatic carbocycles. The molecule has 24 heavy (non-hydrogen) atoms. The average Bonchev–Trinajstić information content (AvgIpc) is 2.82. The van der Waals surface area contributed by atoms with Gasteiger partial charge >= 0.3 is 0 Å². The lowest BCUT2D eigenvalue weighted by Crippen LogP contribution is -2.30. The number of anilines is 1. The van der Waals surface area contributed by atoms with Gasteiger partial charge in [-0.2, -0.15) is 0 Å². The van der Waals surface area contributed by atoms with Gasteiger partial charge in [0, 0.05) is 0 Å². The molecule has 1 amide bonds. The first-order valence-electron chi connectivity index (χ1n) is 6.96. The molecule has 0 unspecified atom stereocenters. The number of carbonyl (C=O) groups is 1. The van der Waals surface area contributed by atoms with Crippen molar-refractivity contribution in [1.29, 1.82) is 0 Å². The summed E-state index contributed by atoms with van der Waals surface area (Å²) in [6.45, 7) is 0. The van der Waals surface area contributed by atoms with Crippen LogP contribution in [0.25, 0.3) is 6.08 Å². The molecule has 1 saturated heterocycles. The highest BCUT2D eigenvalue weighted by Crippen LogP contribution is 2.29. The molecule has 0 aromatic heterocycles. The predicted octanol–water partition coefficient (Wildman–Crippen LogP) is 3.75. The summed E-state index contributed by atoms with van der Waals surface area (Å²) in [5, 5.41) is 3.46. The molecule has 1 aliphatic rings. The zero-order valence-corrected chi connectivity index (χ0v) is 14.1. The van der Waals surface area contributed by atoms with E-state index in [9.17, 15) is 9.18 Å².